The SMILES string of the molecule is CCNCc1ncoc1-c1cccc(Br)c1. The van der Waals surface area contributed by atoms with Crippen LogP contribution in [-0.2, 0) is 6.54 Å². The Hall–Kier alpha value is -1.13. The van der Waals surface area contributed by atoms with Crippen LogP contribution >= 0.6 is 15.9 Å². The molecular formula is C12H13BrN2O. The highest BCUT2D eigenvalue weighted by Gasteiger charge is 2.10. The topological polar surface area (TPSA) is 38.1 Å². The standard InChI is InChI=1S/C12H13BrN2O/c1-2-14-7-11-12(16-8-15-11)9-4-3-5-10(13)6-9/h3-6,8,14H,2,7H2,1H3. The lowest BCUT2D eigenvalue weighted by molar-refractivity contribution is 0.570. The number of hydrogen-bond donors (Lipinski definition) is 1. The molecule has 0 unspecified atom stereocenters. The van der Waals surface area contributed by atoms with Gasteiger partial charge in [0.15, 0.2) is 12.2 Å². The first-order valence-corrected chi connectivity index (χ1v) is 5.99. The molecule has 0 aliphatic carbocycles. The van der Waals surface area contributed by atoms with E-state index in [0.29, 0.717) is 0 Å². The van der Waals surface area contributed by atoms with E-state index >= 15 is 0 Å². The number of oxazole rings is 1. The van der Waals surface area contributed by atoms with E-state index < -0.39 is 0 Å². The van der Waals surface area contributed by atoms with Gasteiger partial charge in [0.25, 0.3) is 0 Å². The van der Waals surface area contributed by atoms with Crippen LogP contribution in [0.4, 0.5) is 0 Å². The maximum absolute atomic E-state index is 5.43. The van der Waals surface area contributed by atoms with Crippen LogP contribution in [-0.4, -0.2) is 11.5 Å². The van der Waals surface area contributed by atoms with Gasteiger partial charge in [-0.2, -0.15) is 0 Å². The predicted molar refractivity (Wildman–Crippen MR) is 67.0 cm³/mol. The summed E-state index contributed by atoms with van der Waals surface area (Å²) in [5.41, 5.74) is 1.99. The van der Waals surface area contributed by atoms with Gasteiger partial charge in [0.2, 0.25) is 0 Å². The molecule has 0 spiro atoms. The van der Waals surface area contributed by atoms with E-state index in [0.717, 1.165) is 34.6 Å². The molecule has 2 aromatic rings. The van der Waals surface area contributed by atoms with Gasteiger partial charge in [-0.25, -0.2) is 4.98 Å². The van der Waals surface area contributed by atoms with Gasteiger partial charge in [-0.1, -0.05) is 35.0 Å². The molecule has 1 N–H and O–H groups in total. The van der Waals surface area contributed by atoms with Crippen molar-refractivity contribution in [3.8, 4) is 11.3 Å². The number of aromatic nitrogens is 1. The maximum Gasteiger partial charge on any atom is 0.181 e. The third kappa shape index (κ3) is 2.51. The smallest absolute Gasteiger partial charge is 0.181 e. The van der Waals surface area contributed by atoms with Crippen molar-refractivity contribution in [1.82, 2.24) is 10.3 Å². The van der Waals surface area contributed by atoms with Crippen LogP contribution in [0.3, 0.4) is 0 Å². The summed E-state index contributed by atoms with van der Waals surface area (Å²) >= 11 is 3.45. The van der Waals surface area contributed by atoms with Gasteiger partial charge in [-0.3, -0.25) is 0 Å². The molecule has 0 atom stereocenters. The van der Waals surface area contributed by atoms with Crippen molar-refractivity contribution in [3.63, 3.8) is 0 Å². The van der Waals surface area contributed by atoms with Crippen LogP contribution in [0, 0.1) is 0 Å². The second kappa shape index (κ2) is 5.27. The minimum atomic E-state index is 0.731. The average molecular weight is 281 g/mol. The van der Waals surface area contributed by atoms with Gasteiger partial charge >= 0.3 is 0 Å². The molecule has 1 heterocycles. The van der Waals surface area contributed by atoms with Gasteiger partial charge in [0.05, 0.1) is 0 Å². The molecule has 3 nitrogen and oxygen atoms in total. The second-order valence-electron chi connectivity index (χ2n) is 3.42. The van der Waals surface area contributed by atoms with Crippen LogP contribution in [0.5, 0.6) is 0 Å². The van der Waals surface area contributed by atoms with Crippen LogP contribution in [0.1, 0.15) is 12.6 Å². The Kier molecular flexibility index (Phi) is 3.74. The summed E-state index contributed by atoms with van der Waals surface area (Å²) in [6.07, 6.45) is 1.49. The largest absolute Gasteiger partial charge is 0.443 e. The van der Waals surface area contributed by atoms with E-state index in [1.807, 2.05) is 24.3 Å². The monoisotopic (exact) mass is 280 g/mol. The lowest BCUT2D eigenvalue weighted by Gasteiger charge is -2.02. The first-order chi connectivity index (χ1) is 7.81. The minimum absolute atomic E-state index is 0.731. The van der Waals surface area contributed by atoms with E-state index in [1.54, 1.807) is 0 Å². The molecule has 0 bridgehead atoms. The summed E-state index contributed by atoms with van der Waals surface area (Å²) < 4.78 is 6.47. The van der Waals surface area contributed by atoms with E-state index in [-0.39, 0.29) is 0 Å². The zero-order valence-corrected chi connectivity index (χ0v) is 10.6. The summed E-state index contributed by atoms with van der Waals surface area (Å²) in [5, 5.41) is 3.24. The Balaban J connectivity index is 2.29. The molecule has 2 rings (SSSR count). The van der Waals surface area contributed by atoms with Crippen molar-refractivity contribution in [2.45, 2.75) is 13.5 Å². The fourth-order valence-electron chi connectivity index (χ4n) is 1.50. The van der Waals surface area contributed by atoms with Crippen molar-refractivity contribution < 1.29 is 4.42 Å². The van der Waals surface area contributed by atoms with Crippen molar-refractivity contribution >= 4 is 15.9 Å². The molecular weight excluding hydrogens is 268 g/mol. The molecule has 4 heteroatoms. The second-order valence-corrected chi connectivity index (χ2v) is 4.33. The number of hydrogen-bond acceptors (Lipinski definition) is 3. The third-order valence-electron chi connectivity index (χ3n) is 2.27. The fourth-order valence-corrected chi connectivity index (χ4v) is 1.90. The Morgan fingerprint density at radius 2 is 2.31 bits per heavy atom. The van der Waals surface area contributed by atoms with Crippen molar-refractivity contribution in [2.75, 3.05) is 6.54 Å². The minimum Gasteiger partial charge on any atom is -0.443 e. The number of rotatable bonds is 4. The summed E-state index contributed by atoms with van der Waals surface area (Å²) in [4.78, 5) is 4.22. The molecule has 0 fully saturated rings. The normalized spacial score (nSPS) is 10.6. The lowest BCUT2D eigenvalue weighted by atomic mass is 10.1. The average Bonchev–Trinajstić information content (AvgIpc) is 2.74. The van der Waals surface area contributed by atoms with E-state index in [1.165, 1.54) is 6.39 Å². The van der Waals surface area contributed by atoms with Crippen molar-refractivity contribution in [3.05, 3.63) is 40.8 Å². The maximum atomic E-state index is 5.43. The van der Waals surface area contributed by atoms with Gasteiger partial charge in [0.1, 0.15) is 5.69 Å². The molecule has 0 aliphatic rings. The molecule has 0 amide bonds. The molecule has 0 aliphatic heterocycles. The van der Waals surface area contributed by atoms with Gasteiger partial charge < -0.3 is 9.73 Å². The van der Waals surface area contributed by atoms with Crippen molar-refractivity contribution in [2.24, 2.45) is 0 Å². The zero-order valence-electron chi connectivity index (χ0n) is 9.03. The van der Waals surface area contributed by atoms with E-state index in [4.69, 9.17) is 4.42 Å². The quantitative estimate of drug-likeness (QED) is 0.935. The van der Waals surface area contributed by atoms with E-state index in [9.17, 15) is 0 Å². The molecule has 16 heavy (non-hydrogen) atoms. The van der Waals surface area contributed by atoms with Gasteiger partial charge in [-0.15, -0.1) is 0 Å². The number of halogens is 1. The Morgan fingerprint density at radius 1 is 1.44 bits per heavy atom. The third-order valence-corrected chi connectivity index (χ3v) is 2.76. The van der Waals surface area contributed by atoms with Crippen LogP contribution in [0.2, 0.25) is 0 Å². The molecule has 0 saturated carbocycles. The molecule has 0 radical (unpaired) electrons. The highest BCUT2D eigenvalue weighted by Crippen LogP contribution is 2.25. The molecule has 1 aromatic carbocycles. The summed E-state index contributed by atoms with van der Waals surface area (Å²) in [5.74, 6) is 0.835. The van der Waals surface area contributed by atoms with Crippen molar-refractivity contribution in [1.29, 1.82) is 0 Å². The van der Waals surface area contributed by atoms with Gasteiger partial charge in [-0.05, 0) is 18.7 Å². The first kappa shape index (κ1) is 11.4. The Morgan fingerprint density at radius 3 is 3.06 bits per heavy atom. The van der Waals surface area contributed by atoms with Crippen LogP contribution in [0.25, 0.3) is 11.3 Å². The van der Waals surface area contributed by atoms with Crippen LogP contribution < -0.4 is 5.32 Å². The van der Waals surface area contributed by atoms with Crippen LogP contribution in [0.15, 0.2) is 39.5 Å². The Bertz CT molecular complexity index is 468. The highest BCUT2D eigenvalue weighted by atomic mass is 79.9. The number of nitrogens with zero attached hydrogens (tertiary/aromatic N) is 1. The first-order valence-electron chi connectivity index (χ1n) is 5.20. The summed E-state index contributed by atoms with van der Waals surface area (Å²) in [6, 6.07) is 8.01. The Labute approximate surface area is 103 Å². The fraction of sp³-hybridized carbons (Fsp3) is 0.250. The summed E-state index contributed by atoms with van der Waals surface area (Å²) in [6.45, 7) is 3.72. The zero-order chi connectivity index (χ0) is 11.4. The predicted octanol–water partition coefficient (Wildman–Crippen LogP) is 3.21. The van der Waals surface area contributed by atoms with Gasteiger partial charge in [0, 0.05) is 16.6 Å². The number of nitrogens with one attached hydrogen (secondary N) is 1. The number of benzene rings is 1. The van der Waals surface area contributed by atoms with E-state index in [2.05, 4.69) is 33.2 Å². The molecule has 84 valence electrons. The highest BCUT2D eigenvalue weighted by molar-refractivity contribution is 9.10. The summed E-state index contributed by atoms with van der Waals surface area (Å²) in [7, 11) is 0. The molecule has 1 aromatic heterocycles. The lowest BCUT2D eigenvalue weighted by Crippen LogP contribution is -2.12. The molecule has 0 saturated heterocycles.